The summed E-state index contributed by atoms with van der Waals surface area (Å²) in [6.45, 7) is 7.46. The standard InChI is InChI=1S/C25H37NO10/c1-5-8-9-22(27)33-16-17(4)34-23(28)19(26)14-18-10-11-20(35-24(29)31-12-6-2)21(15-18)36-25(30)32-13-7-3/h10-11,15,17,19H,5-9,12-14,16,26H2,1-4H3/t17-,19-/m0/s1. The van der Waals surface area contributed by atoms with Crippen molar-refractivity contribution in [1.82, 2.24) is 0 Å². The van der Waals surface area contributed by atoms with Gasteiger partial charge < -0.3 is 34.2 Å². The highest BCUT2D eigenvalue weighted by atomic mass is 16.7. The summed E-state index contributed by atoms with van der Waals surface area (Å²) in [5, 5.41) is 0. The maximum atomic E-state index is 12.4. The monoisotopic (exact) mass is 511 g/mol. The van der Waals surface area contributed by atoms with Crippen LogP contribution in [0.1, 0.15) is 65.4 Å². The smallest absolute Gasteiger partial charge is 0.462 e. The van der Waals surface area contributed by atoms with Crippen molar-refractivity contribution in [1.29, 1.82) is 0 Å². The van der Waals surface area contributed by atoms with Gasteiger partial charge in [-0.3, -0.25) is 9.59 Å². The maximum absolute atomic E-state index is 12.4. The fourth-order valence-corrected chi connectivity index (χ4v) is 2.71. The van der Waals surface area contributed by atoms with E-state index in [-0.39, 0.29) is 43.7 Å². The Kier molecular flexibility index (Phi) is 14.6. The van der Waals surface area contributed by atoms with Crippen LogP contribution in [-0.4, -0.2) is 56.2 Å². The van der Waals surface area contributed by atoms with Crippen LogP contribution >= 0.6 is 0 Å². The van der Waals surface area contributed by atoms with Crippen LogP contribution in [0.3, 0.4) is 0 Å². The van der Waals surface area contributed by atoms with E-state index >= 15 is 0 Å². The summed E-state index contributed by atoms with van der Waals surface area (Å²) in [5.41, 5.74) is 6.50. The first-order valence-corrected chi connectivity index (χ1v) is 12.1. The molecule has 11 heteroatoms. The van der Waals surface area contributed by atoms with Gasteiger partial charge in [0.15, 0.2) is 11.5 Å². The van der Waals surface area contributed by atoms with Crippen LogP contribution in [0.4, 0.5) is 9.59 Å². The molecule has 0 aliphatic carbocycles. The van der Waals surface area contributed by atoms with Gasteiger partial charge >= 0.3 is 24.2 Å². The highest BCUT2D eigenvalue weighted by Crippen LogP contribution is 2.30. The van der Waals surface area contributed by atoms with Gasteiger partial charge in [0.25, 0.3) is 0 Å². The van der Waals surface area contributed by atoms with Gasteiger partial charge in [0.1, 0.15) is 18.8 Å². The van der Waals surface area contributed by atoms with Crippen molar-refractivity contribution in [2.75, 3.05) is 19.8 Å². The van der Waals surface area contributed by atoms with Gasteiger partial charge in [0.05, 0.1) is 13.2 Å². The van der Waals surface area contributed by atoms with E-state index in [0.717, 1.165) is 12.8 Å². The van der Waals surface area contributed by atoms with Gasteiger partial charge in [0.2, 0.25) is 0 Å². The zero-order valence-electron chi connectivity index (χ0n) is 21.4. The number of benzene rings is 1. The lowest BCUT2D eigenvalue weighted by atomic mass is 10.1. The van der Waals surface area contributed by atoms with E-state index in [1.807, 2.05) is 20.8 Å². The van der Waals surface area contributed by atoms with Crippen LogP contribution in [0.25, 0.3) is 0 Å². The van der Waals surface area contributed by atoms with Gasteiger partial charge in [-0.05, 0) is 50.3 Å². The van der Waals surface area contributed by atoms with Crippen LogP contribution in [0.2, 0.25) is 0 Å². The molecule has 2 N–H and O–H groups in total. The van der Waals surface area contributed by atoms with Crippen LogP contribution in [0, 0.1) is 0 Å². The minimum atomic E-state index is -1.05. The summed E-state index contributed by atoms with van der Waals surface area (Å²) in [7, 11) is 0. The Bertz CT molecular complexity index is 857. The van der Waals surface area contributed by atoms with Gasteiger partial charge in [-0.2, -0.15) is 0 Å². The van der Waals surface area contributed by atoms with E-state index in [1.165, 1.54) is 12.1 Å². The summed E-state index contributed by atoms with van der Waals surface area (Å²) in [4.78, 5) is 47.8. The van der Waals surface area contributed by atoms with Crippen molar-refractivity contribution in [2.45, 2.75) is 78.4 Å². The first-order chi connectivity index (χ1) is 17.2. The lowest BCUT2D eigenvalue weighted by Gasteiger charge is -2.17. The third-order valence-electron chi connectivity index (χ3n) is 4.53. The van der Waals surface area contributed by atoms with Crippen molar-refractivity contribution in [3.63, 3.8) is 0 Å². The lowest BCUT2D eigenvalue weighted by molar-refractivity contribution is -0.159. The number of carbonyl (C=O) groups excluding carboxylic acids is 4. The molecule has 36 heavy (non-hydrogen) atoms. The molecule has 1 rings (SSSR count). The molecule has 0 aliphatic rings. The SMILES string of the molecule is CCCCC(=O)OC[C@H](C)OC(=O)[C@@H](N)Cc1ccc(OC(=O)OCCC)c(OC(=O)OCCC)c1. The molecule has 0 bridgehead atoms. The van der Waals surface area contributed by atoms with E-state index in [1.54, 1.807) is 13.0 Å². The molecule has 0 radical (unpaired) electrons. The summed E-state index contributed by atoms with van der Waals surface area (Å²) >= 11 is 0. The zero-order chi connectivity index (χ0) is 26.9. The third kappa shape index (κ3) is 12.4. The number of ether oxygens (including phenoxy) is 6. The first-order valence-electron chi connectivity index (χ1n) is 12.1. The highest BCUT2D eigenvalue weighted by molar-refractivity contribution is 5.76. The van der Waals surface area contributed by atoms with Crippen molar-refractivity contribution in [2.24, 2.45) is 5.73 Å². The number of hydrogen-bond donors (Lipinski definition) is 1. The normalized spacial score (nSPS) is 12.1. The van der Waals surface area contributed by atoms with Gasteiger partial charge in [0, 0.05) is 6.42 Å². The van der Waals surface area contributed by atoms with Crippen molar-refractivity contribution in [3.05, 3.63) is 23.8 Å². The van der Waals surface area contributed by atoms with Gasteiger partial charge in [-0.15, -0.1) is 0 Å². The average molecular weight is 512 g/mol. The molecule has 0 saturated heterocycles. The summed E-state index contributed by atoms with van der Waals surface area (Å²) in [6.07, 6.45) is 0.524. The second-order valence-electron chi connectivity index (χ2n) is 8.03. The number of carbonyl (C=O) groups is 4. The second-order valence-corrected chi connectivity index (χ2v) is 8.03. The van der Waals surface area contributed by atoms with Crippen molar-refractivity contribution in [3.8, 4) is 11.5 Å². The summed E-state index contributed by atoms with van der Waals surface area (Å²) in [5.74, 6) is -1.21. The molecule has 0 spiro atoms. The van der Waals surface area contributed by atoms with E-state index in [2.05, 4.69) is 0 Å². The maximum Gasteiger partial charge on any atom is 0.513 e. The van der Waals surface area contributed by atoms with Crippen LogP contribution in [0.5, 0.6) is 11.5 Å². The number of hydrogen-bond acceptors (Lipinski definition) is 11. The number of unbranched alkanes of at least 4 members (excludes halogenated alkanes) is 1. The zero-order valence-corrected chi connectivity index (χ0v) is 21.4. The molecule has 0 heterocycles. The molecule has 0 fully saturated rings. The van der Waals surface area contributed by atoms with Crippen LogP contribution in [-0.2, 0) is 35.0 Å². The Labute approximate surface area is 211 Å². The molecule has 0 unspecified atom stereocenters. The Balaban J connectivity index is 2.80. The Morgan fingerprint density at radius 3 is 2.06 bits per heavy atom. The Morgan fingerprint density at radius 2 is 1.47 bits per heavy atom. The number of rotatable bonds is 15. The van der Waals surface area contributed by atoms with Crippen molar-refractivity contribution >= 4 is 24.2 Å². The van der Waals surface area contributed by atoms with Crippen LogP contribution in [0.15, 0.2) is 18.2 Å². The largest absolute Gasteiger partial charge is 0.513 e. The Morgan fingerprint density at radius 1 is 0.861 bits per heavy atom. The molecule has 0 saturated carbocycles. The Hall–Kier alpha value is -3.34. The van der Waals surface area contributed by atoms with E-state index in [0.29, 0.717) is 24.8 Å². The number of nitrogens with two attached hydrogens (primary N) is 1. The predicted molar refractivity (Wildman–Crippen MR) is 129 cm³/mol. The highest BCUT2D eigenvalue weighted by Gasteiger charge is 2.22. The minimum absolute atomic E-state index is 0.0305. The average Bonchev–Trinajstić information content (AvgIpc) is 2.85. The molecular formula is C25H37NO10. The molecule has 202 valence electrons. The number of esters is 2. The second kappa shape index (κ2) is 17.1. The predicted octanol–water partition coefficient (Wildman–Crippen LogP) is 4.07. The molecule has 0 amide bonds. The molecule has 0 aliphatic heterocycles. The summed E-state index contributed by atoms with van der Waals surface area (Å²) in [6, 6.07) is 3.30. The third-order valence-corrected chi connectivity index (χ3v) is 4.53. The van der Waals surface area contributed by atoms with E-state index < -0.39 is 30.4 Å². The molecule has 2 atom stereocenters. The molecule has 1 aromatic carbocycles. The lowest BCUT2D eigenvalue weighted by Crippen LogP contribution is -2.37. The molecular weight excluding hydrogens is 474 g/mol. The van der Waals surface area contributed by atoms with Gasteiger partial charge in [-0.1, -0.05) is 33.3 Å². The quantitative estimate of drug-likeness (QED) is 0.206. The topological polar surface area (TPSA) is 150 Å². The fourth-order valence-electron chi connectivity index (χ4n) is 2.71. The molecule has 11 nitrogen and oxygen atoms in total. The molecule has 0 aromatic heterocycles. The van der Waals surface area contributed by atoms with Gasteiger partial charge in [-0.25, -0.2) is 9.59 Å². The van der Waals surface area contributed by atoms with E-state index in [9.17, 15) is 19.2 Å². The fraction of sp³-hybridized carbons (Fsp3) is 0.600. The first kappa shape index (κ1) is 30.7. The summed E-state index contributed by atoms with van der Waals surface area (Å²) < 4.78 is 30.5. The van der Waals surface area contributed by atoms with E-state index in [4.69, 9.17) is 34.2 Å². The molecule has 1 aromatic rings. The van der Waals surface area contributed by atoms with Crippen LogP contribution < -0.4 is 15.2 Å². The van der Waals surface area contributed by atoms with Crippen molar-refractivity contribution < 1.29 is 47.6 Å². The minimum Gasteiger partial charge on any atom is -0.462 e.